The van der Waals surface area contributed by atoms with Crippen molar-refractivity contribution in [2.75, 3.05) is 20.3 Å². The minimum Gasteiger partial charge on any atom is -0.493 e. The number of nitrogens with one attached hydrogen (secondary N) is 1. The van der Waals surface area contributed by atoms with Crippen LogP contribution in [0.5, 0.6) is 5.75 Å². The molecule has 0 bridgehead atoms. The zero-order valence-corrected chi connectivity index (χ0v) is 11.9. The lowest BCUT2D eigenvalue weighted by atomic mass is 9.92. The van der Waals surface area contributed by atoms with Gasteiger partial charge in [0.15, 0.2) is 0 Å². The topological polar surface area (TPSA) is 61.7 Å². The molecule has 1 rings (SSSR count). The predicted molar refractivity (Wildman–Crippen MR) is 76.3 cm³/mol. The highest BCUT2D eigenvalue weighted by Crippen LogP contribution is 2.20. The Kier molecular flexibility index (Phi) is 6.84. The van der Waals surface area contributed by atoms with E-state index in [-0.39, 0.29) is 18.8 Å². The summed E-state index contributed by atoms with van der Waals surface area (Å²) in [5.41, 5.74) is 0.597. The summed E-state index contributed by atoms with van der Waals surface area (Å²) in [4.78, 5) is 0. The second kappa shape index (κ2) is 8.15. The first-order valence-corrected chi connectivity index (χ1v) is 6.82. The molecular formula is C15H25NO3. The quantitative estimate of drug-likeness (QED) is 0.596. The first-order valence-electron chi connectivity index (χ1n) is 6.82. The molecule has 1 atom stereocenters. The Morgan fingerprint density at radius 3 is 2.58 bits per heavy atom. The molecule has 0 aliphatic rings. The van der Waals surface area contributed by atoms with E-state index in [4.69, 9.17) is 4.74 Å². The van der Waals surface area contributed by atoms with Crippen molar-refractivity contribution in [2.24, 2.45) is 0 Å². The molecule has 0 spiro atoms. The number of benzene rings is 1. The van der Waals surface area contributed by atoms with Crippen LogP contribution in [0.4, 0.5) is 0 Å². The van der Waals surface area contributed by atoms with E-state index >= 15 is 0 Å². The minimum absolute atomic E-state index is 0.0117. The highest BCUT2D eigenvalue weighted by Gasteiger charge is 2.24. The Hall–Kier alpha value is -1.10. The molecule has 3 N–H and O–H groups in total. The standard InChI is InChI=1S/C15H25NO3/c1-3-15(12-18,16-2)9-6-10-19-14-8-5-4-7-13(14)11-17/h4-5,7-8,16-18H,3,6,9-12H2,1-2H3. The van der Waals surface area contributed by atoms with Crippen molar-refractivity contribution in [1.82, 2.24) is 5.32 Å². The summed E-state index contributed by atoms with van der Waals surface area (Å²) in [7, 11) is 1.88. The molecule has 0 aromatic heterocycles. The molecule has 0 amide bonds. The first kappa shape index (κ1) is 16.0. The average molecular weight is 267 g/mol. The smallest absolute Gasteiger partial charge is 0.124 e. The number of aliphatic hydroxyl groups is 2. The molecule has 4 nitrogen and oxygen atoms in total. The third-order valence-corrected chi connectivity index (χ3v) is 3.71. The van der Waals surface area contributed by atoms with Crippen LogP contribution in [-0.4, -0.2) is 36.0 Å². The lowest BCUT2D eigenvalue weighted by Crippen LogP contribution is -2.46. The molecule has 1 aromatic carbocycles. The summed E-state index contributed by atoms with van der Waals surface area (Å²) in [6.45, 7) is 2.77. The number of hydrogen-bond acceptors (Lipinski definition) is 4. The van der Waals surface area contributed by atoms with E-state index < -0.39 is 0 Å². The van der Waals surface area contributed by atoms with Crippen LogP contribution in [0.1, 0.15) is 31.7 Å². The number of aliphatic hydroxyl groups excluding tert-OH is 2. The van der Waals surface area contributed by atoms with E-state index in [2.05, 4.69) is 12.2 Å². The molecule has 1 aromatic rings. The van der Waals surface area contributed by atoms with Crippen molar-refractivity contribution >= 4 is 0 Å². The van der Waals surface area contributed by atoms with Crippen molar-refractivity contribution in [3.8, 4) is 5.75 Å². The summed E-state index contributed by atoms with van der Waals surface area (Å²) >= 11 is 0. The molecular weight excluding hydrogens is 242 g/mol. The normalized spacial score (nSPS) is 14.1. The van der Waals surface area contributed by atoms with Crippen molar-refractivity contribution in [1.29, 1.82) is 0 Å². The molecule has 19 heavy (non-hydrogen) atoms. The molecule has 0 heterocycles. The van der Waals surface area contributed by atoms with Crippen molar-refractivity contribution < 1.29 is 14.9 Å². The maximum absolute atomic E-state index is 9.44. The van der Waals surface area contributed by atoms with Crippen LogP contribution >= 0.6 is 0 Å². The fraction of sp³-hybridized carbons (Fsp3) is 0.600. The van der Waals surface area contributed by atoms with Gasteiger partial charge in [-0.3, -0.25) is 0 Å². The highest BCUT2D eigenvalue weighted by atomic mass is 16.5. The predicted octanol–water partition coefficient (Wildman–Crippen LogP) is 1.70. The zero-order chi connectivity index (χ0) is 14.1. The summed E-state index contributed by atoms with van der Waals surface area (Å²) in [6, 6.07) is 7.50. The van der Waals surface area contributed by atoms with E-state index in [1.54, 1.807) is 0 Å². The molecule has 0 aliphatic carbocycles. The van der Waals surface area contributed by atoms with E-state index in [0.717, 1.165) is 30.6 Å². The van der Waals surface area contributed by atoms with Gasteiger partial charge < -0.3 is 20.3 Å². The summed E-state index contributed by atoms with van der Waals surface area (Å²) in [6.07, 6.45) is 2.60. The second-order valence-corrected chi connectivity index (χ2v) is 4.76. The molecule has 0 aliphatic heterocycles. The van der Waals surface area contributed by atoms with Crippen LogP contribution in [0.2, 0.25) is 0 Å². The molecule has 0 radical (unpaired) electrons. The third kappa shape index (κ3) is 4.49. The maximum atomic E-state index is 9.44. The van der Waals surface area contributed by atoms with E-state index in [0.29, 0.717) is 6.61 Å². The number of hydrogen-bond donors (Lipinski definition) is 3. The summed E-state index contributed by atoms with van der Waals surface area (Å²) in [5, 5.41) is 21.8. The molecule has 4 heteroatoms. The Balaban J connectivity index is 2.42. The molecule has 1 unspecified atom stereocenters. The van der Waals surface area contributed by atoms with Crippen LogP contribution in [0.3, 0.4) is 0 Å². The van der Waals surface area contributed by atoms with Gasteiger partial charge in [-0.2, -0.15) is 0 Å². The lowest BCUT2D eigenvalue weighted by Gasteiger charge is -2.30. The largest absolute Gasteiger partial charge is 0.493 e. The van der Waals surface area contributed by atoms with Crippen molar-refractivity contribution in [3.05, 3.63) is 29.8 Å². The van der Waals surface area contributed by atoms with Crippen molar-refractivity contribution in [3.63, 3.8) is 0 Å². The lowest BCUT2D eigenvalue weighted by molar-refractivity contribution is 0.145. The highest BCUT2D eigenvalue weighted by molar-refractivity contribution is 5.32. The first-order chi connectivity index (χ1) is 9.21. The molecule has 0 fully saturated rings. The van der Waals surface area contributed by atoms with Gasteiger partial charge in [-0.1, -0.05) is 25.1 Å². The number of ether oxygens (including phenoxy) is 1. The van der Waals surface area contributed by atoms with Gasteiger partial charge in [0.05, 0.1) is 19.8 Å². The SMILES string of the molecule is CCC(CO)(CCCOc1ccccc1CO)NC. The molecule has 108 valence electrons. The van der Waals surface area contributed by atoms with Crippen LogP contribution in [0.25, 0.3) is 0 Å². The Bertz CT molecular complexity index is 356. The van der Waals surface area contributed by atoms with Gasteiger partial charge >= 0.3 is 0 Å². The van der Waals surface area contributed by atoms with Crippen LogP contribution in [0.15, 0.2) is 24.3 Å². The van der Waals surface area contributed by atoms with E-state index in [1.807, 2.05) is 31.3 Å². The van der Waals surface area contributed by atoms with Gasteiger partial charge in [0, 0.05) is 11.1 Å². The number of rotatable bonds is 9. The van der Waals surface area contributed by atoms with Crippen LogP contribution in [0, 0.1) is 0 Å². The van der Waals surface area contributed by atoms with Gasteiger partial charge in [-0.25, -0.2) is 0 Å². The second-order valence-electron chi connectivity index (χ2n) is 4.76. The van der Waals surface area contributed by atoms with E-state index in [1.165, 1.54) is 0 Å². The van der Waals surface area contributed by atoms with E-state index in [9.17, 15) is 10.2 Å². The van der Waals surface area contributed by atoms with Gasteiger partial charge in [-0.05, 0) is 32.4 Å². The summed E-state index contributed by atoms with van der Waals surface area (Å²) < 4.78 is 5.69. The Morgan fingerprint density at radius 2 is 2.00 bits per heavy atom. The fourth-order valence-electron chi connectivity index (χ4n) is 2.12. The minimum atomic E-state index is -0.208. The molecule has 0 saturated carbocycles. The van der Waals surface area contributed by atoms with Gasteiger partial charge in [0.1, 0.15) is 5.75 Å². The summed E-state index contributed by atoms with van der Waals surface area (Å²) in [5.74, 6) is 0.737. The van der Waals surface area contributed by atoms with Crippen molar-refractivity contribution in [2.45, 2.75) is 38.3 Å². The zero-order valence-electron chi connectivity index (χ0n) is 11.9. The number of likely N-dealkylation sites (N-methyl/N-ethyl adjacent to an activating group) is 1. The van der Waals surface area contributed by atoms with Gasteiger partial charge in [0.2, 0.25) is 0 Å². The monoisotopic (exact) mass is 267 g/mol. The van der Waals surface area contributed by atoms with Crippen LogP contribution < -0.4 is 10.1 Å². The maximum Gasteiger partial charge on any atom is 0.124 e. The van der Waals surface area contributed by atoms with Gasteiger partial charge in [0.25, 0.3) is 0 Å². The fourth-order valence-corrected chi connectivity index (χ4v) is 2.12. The number of para-hydroxylation sites is 1. The molecule has 0 saturated heterocycles. The Morgan fingerprint density at radius 1 is 1.26 bits per heavy atom. The van der Waals surface area contributed by atoms with Gasteiger partial charge in [-0.15, -0.1) is 0 Å². The van der Waals surface area contributed by atoms with Crippen LogP contribution in [-0.2, 0) is 6.61 Å². The Labute approximate surface area is 115 Å². The average Bonchev–Trinajstić information content (AvgIpc) is 2.48. The third-order valence-electron chi connectivity index (χ3n) is 3.71.